The molecule has 0 amide bonds. The van der Waals surface area contributed by atoms with Crippen molar-refractivity contribution in [2.75, 3.05) is 20.7 Å². The molecule has 0 radical (unpaired) electrons. The third-order valence-corrected chi connectivity index (χ3v) is 4.74. The summed E-state index contributed by atoms with van der Waals surface area (Å²) in [4.78, 5) is 2.31. The van der Waals surface area contributed by atoms with Gasteiger partial charge in [-0.15, -0.1) is 0 Å². The van der Waals surface area contributed by atoms with Crippen molar-refractivity contribution in [2.45, 2.75) is 12.5 Å². The number of rotatable bonds is 2. The zero-order chi connectivity index (χ0) is 15.0. The molecule has 21 heavy (non-hydrogen) atoms. The van der Waals surface area contributed by atoms with Gasteiger partial charge in [-0.2, -0.15) is 0 Å². The Bertz CT molecular complexity index is 672. The van der Waals surface area contributed by atoms with Crippen molar-refractivity contribution in [3.63, 3.8) is 0 Å². The van der Waals surface area contributed by atoms with E-state index in [4.69, 9.17) is 27.9 Å². The number of hydrogen-bond acceptors (Lipinski definition) is 2. The van der Waals surface area contributed by atoms with Crippen LogP contribution in [0.3, 0.4) is 0 Å². The van der Waals surface area contributed by atoms with Crippen LogP contribution in [0.2, 0.25) is 10.0 Å². The van der Waals surface area contributed by atoms with Gasteiger partial charge in [0.1, 0.15) is 5.75 Å². The van der Waals surface area contributed by atoms with Gasteiger partial charge in [-0.1, -0.05) is 41.4 Å². The third-order valence-electron chi connectivity index (χ3n) is 4.01. The number of hydrogen-bond donors (Lipinski definition) is 0. The van der Waals surface area contributed by atoms with E-state index in [0.29, 0.717) is 10.0 Å². The zero-order valence-corrected chi connectivity index (χ0v) is 13.6. The summed E-state index contributed by atoms with van der Waals surface area (Å²) in [6.07, 6.45) is 0. The van der Waals surface area contributed by atoms with Crippen LogP contribution in [0.4, 0.5) is 0 Å². The molecule has 4 heteroatoms. The second-order valence-corrected chi connectivity index (χ2v) is 6.27. The molecule has 1 aliphatic heterocycles. The summed E-state index contributed by atoms with van der Waals surface area (Å²) in [5.74, 6) is 1.18. The van der Waals surface area contributed by atoms with Gasteiger partial charge in [0, 0.05) is 24.6 Å². The van der Waals surface area contributed by atoms with Gasteiger partial charge >= 0.3 is 0 Å². The molecular formula is C17H17Cl2NO. The second-order valence-electron chi connectivity index (χ2n) is 5.46. The third kappa shape index (κ3) is 2.76. The topological polar surface area (TPSA) is 12.5 Å². The maximum absolute atomic E-state index is 6.19. The zero-order valence-electron chi connectivity index (χ0n) is 12.1. The van der Waals surface area contributed by atoms with Gasteiger partial charge in [0.05, 0.1) is 17.2 Å². The fourth-order valence-electron chi connectivity index (χ4n) is 3.06. The highest BCUT2D eigenvalue weighted by atomic mass is 35.5. The van der Waals surface area contributed by atoms with Crippen LogP contribution < -0.4 is 4.74 Å². The number of ether oxygens (including phenoxy) is 1. The smallest absolute Gasteiger partial charge is 0.123 e. The van der Waals surface area contributed by atoms with E-state index in [1.807, 2.05) is 30.3 Å². The molecule has 0 fully saturated rings. The Kier molecular flexibility index (Phi) is 4.12. The Hall–Kier alpha value is -1.22. The first-order chi connectivity index (χ1) is 10.1. The SMILES string of the molecule is COc1cccc2c1C(c1ccc(Cl)c(Cl)c1)CN(C)C2. The molecule has 2 aromatic rings. The largest absolute Gasteiger partial charge is 0.496 e. The van der Waals surface area contributed by atoms with Crippen molar-refractivity contribution >= 4 is 23.2 Å². The van der Waals surface area contributed by atoms with Crippen LogP contribution in [0.15, 0.2) is 36.4 Å². The van der Waals surface area contributed by atoms with Crippen molar-refractivity contribution in [3.05, 3.63) is 63.1 Å². The number of halogens is 2. The normalized spacial score (nSPS) is 18.4. The minimum absolute atomic E-state index is 0.240. The lowest BCUT2D eigenvalue weighted by molar-refractivity contribution is 0.288. The summed E-state index contributed by atoms with van der Waals surface area (Å²) in [6.45, 7) is 1.87. The minimum atomic E-state index is 0.240. The Balaban J connectivity index is 2.13. The Morgan fingerprint density at radius 1 is 1.14 bits per heavy atom. The molecule has 0 aliphatic carbocycles. The fourth-order valence-corrected chi connectivity index (χ4v) is 3.37. The molecule has 0 saturated heterocycles. The quantitative estimate of drug-likeness (QED) is 0.802. The highest BCUT2D eigenvalue weighted by Gasteiger charge is 2.28. The first-order valence-corrected chi connectivity index (χ1v) is 7.65. The van der Waals surface area contributed by atoms with E-state index in [0.717, 1.165) is 18.8 Å². The average Bonchev–Trinajstić information content (AvgIpc) is 2.48. The van der Waals surface area contributed by atoms with Gasteiger partial charge in [-0.3, -0.25) is 0 Å². The Labute approximate surface area is 135 Å². The molecule has 0 N–H and O–H groups in total. The van der Waals surface area contributed by atoms with E-state index in [1.54, 1.807) is 7.11 Å². The van der Waals surface area contributed by atoms with E-state index in [2.05, 4.69) is 18.0 Å². The molecule has 1 atom stereocenters. The molecule has 0 saturated carbocycles. The summed E-state index contributed by atoms with van der Waals surface area (Å²) in [6, 6.07) is 12.1. The van der Waals surface area contributed by atoms with Gasteiger partial charge in [0.25, 0.3) is 0 Å². The average molecular weight is 322 g/mol. The predicted molar refractivity (Wildman–Crippen MR) is 87.6 cm³/mol. The van der Waals surface area contributed by atoms with Gasteiger partial charge in [-0.25, -0.2) is 0 Å². The van der Waals surface area contributed by atoms with Crippen molar-refractivity contribution in [1.29, 1.82) is 0 Å². The lowest BCUT2D eigenvalue weighted by Crippen LogP contribution is -2.31. The summed E-state index contributed by atoms with van der Waals surface area (Å²) in [7, 11) is 3.85. The number of benzene rings is 2. The minimum Gasteiger partial charge on any atom is -0.496 e. The summed E-state index contributed by atoms with van der Waals surface area (Å²) in [5, 5.41) is 1.18. The summed E-state index contributed by atoms with van der Waals surface area (Å²) in [5.41, 5.74) is 3.73. The molecule has 0 aromatic heterocycles. The van der Waals surface area contributed by atoms with Crippen LogP contribution in [0.5, 0.6) is 5.75 Å². The van der Waals surface area contributed by atoms with E-state index >= 15 is 0 Å². The van der Waals surface area contributed by atoms with Crippen LogP contribution in [0, 0.1) is 0 Å². The Morgan fingerprint density at radius 2 is 1.95 bits per heavy atom. The number of nitrogens with zero attached hydrogens (tertiary/aromatic N) is 1. The van der Waals surface area contributed by atoms with Crippen LogP contribution in [-0.2, 0) is 6.54 Å². The van der Waals surface area contributed by atoms with Crippen LogP contribution >= 0.6 is 23.2 Å². The lowest BCUT2D eigenvalue weighted by Gasteiger charge is -2.33. The molecule has 1 heterocycles. The molecule has 2 nitrogen and oxygen atoms in total. The molecule has 0 bridgehead atoms. The molecule has 1 unspecified atom stereocenters. The molecule has 3 rings (SSSR count). The van der Waals surface area contributed by atoms with E-state index < -0.39 is 0 Å². The predicted octanol–water partition coefficient (Wildman–Crippen LogP) is 4.58. The fraction of sp³-hybridized carbons (Fsp3) is 0.294. The summed E-state index contributed by atoms with van der Waals surface area (Å²) >= 11 is 12.2. The number of likely N-dealkylation sites (N-methyl/N-ethyl adjacent to an activating group) is 1. The highest BCUT2D eigenvalue weighted by Crippen LogP contribution is 2.40. The van der Waals surface area contributed by atoms with Crippen LogP contribution in [-0.4, -0.2) is 25.6 Å². The first kappa shape index (κ1) is 14.7. The van der Waals surface area contributed by atoms with Gasteiger partial charge < -0.3 is 9.64 Å². The van der Waals surface area contributed by atoms with E-state index in [9.17, 15) is 0 Å². The van der Waals surface area contributed by atoms with Crippen LogP contribution in [0.1, 0.15) is 22.6 Å². The molecule has 1 aliphatic rings. The molecule has 0 spiro atoms. The second kappa shape index (κ2) is 5.88. The van der Waals surface area contributed by atoms with Crippen LogP contribution in [0.25, 0.3) is 0 Å². The van der Waals surface area contributed by atoms with Crippen molar-refractivity contribution < 1.29 is 4.74 Å². The van der Waals surface area contributed by atoms with E-state index in [-0.39, 0.29) is 5.92 Å². The van der Waals surface area contributed by atoms with Gasteiger partial charge in [0.2, 0.25) is 0 Å². The van der Waals surface area contributed by atoms with Crippen molar-refractivity contribution in [2.24, 2.45) is 0 Å². The standard InChI is InChI=1S/C17H17Cl2NO/c1-20-9-12-4-3-5-16(21-2)17(12)13(10-20)11-6-7-14(18)15(19)8-11/h3-8,13H,9-10H2,1-2H3. The van der Waals surface area contributed by atoms with Crippen molar-refractivity contribution in [3.8, 4) is 5.75 Å². The first-order valence-electron chi connectivity index (χ1n) is 6.89. The maximum Gasteiger partial charge on any atom is 0.123 e. The monoisotopic (exact) mass is 321 g/mol. The number of fused-ring (bicyclic) bond motifs is 1. The number of methoxy groups -OCH3 is 1. The highest BCUT2D eigenvalue weighted by molar-refractivity contribution is 6.42. The van der Waals surface area contributed by atoms with E-state index in [1.165, 1.54) is 16.7 Å². The summed E-state index contributed by atoms with van der Waals surface area (Å²) < 4.78 is 5.58. The molecule has 110 valence electrons. The van der Waals surface area contributed by atoms with Gasteiger partial charge in [-0.05, 0) is 36.4 Å². The maximum atomic E-state index is 6.19. The Morgan fingerprint density at radius 3 is 2.67 bits per heavy atom. The molecular weight excluding hydrogens is 305 g/mol. The van der Waals surface area contributed by atoms with Crippen molar-refractivity contribution in [1.82, 2.24) is 4.90 Å². The lowest BCUT2D eigenvalue weighted by atomic mass is 9.84. The molecule has 2 aromatic carbocycles. The van der Waals surface area contributed by atoms with Gasteiger partial charge in [0.15, 0.2) is 0 Å².